The molecule has 2 aliphatic rings. The van der Waals surface area contributed by atoms with Crippen molar-refractivity contribution in [1.29, 1.82) is 0 Å². The van der Waals surface area contributed by atoms with Gasteiger partial charge in [0.15, 0.2) is 11.6 Å². The lowest BCUT2D eigenvalue weighted by atomic mass is 9.87. The van der Waals surface area contributed by atoms with Gasteiger partial charge in [-0.05, 0) is 74.8 Å². The van der Waals surface area contributed by atoms with Crippen LogP contribution in [0.1, 0.15) is 69.8 Å². The molecule has 0 radical (unpaired) electrons. The van der Waals surface area contributed by atoms with E-state index in [1.54, 1.807) is 17.0 Å². The number of hydrogen-bond acceptors (Lipinski definition) is 3. The second-order valence-electron chi connectivity index (χ2n) is 9.38. The molecule has 33 heavy (non-hydrogen) atoms. The number of carbonyl (C=O) groups excluding carboxylic acids is 1. The number of nitrogens with zero attached hydrogens (tertiary/aromatic N) is 3. The van der Waals surface area contributed by atoms with Gasteiger partial charge in [0.1, 0.15) is 5.82 Å². The van der Waals surface area contributed by atoms with Crippen LogP contribution in [0.5, 0.6) is 5.75 Å². The minimum Gasteiger partial charge on any atom is -0.494 e. The van der Waals surface area contributed by atoms with E-state index in [2.05, 4.69) is 39.6 Å². The standard InChI is InChI=1S/C26H29BrFN3O2/c1-16-6-9-18(10-7-16)31-22-12-8-17(27)14-21(22)29-26(31)23-4-3-5-25(32)30(23)19-11-13-24(33-2)20(28)15-19/h8,11-16,18,23H,3-7,9-10H2,1-2H3/t16?,18?,23-/m0/s1. The Morgan fingerprint density at radius 2 is 1.88 bits per heavy atom. The van der Waals surface area contributed by atoms with E-state index in [4.69, 9.17) is 9.72 Å². The van der Waals surface area contributed by atoms with Crippen LogP contribution in [0.2, 0.25) is 0 Å². The first kappa shape index (κ1) is 22.4. The molecule has 1 aliphatic carbocycles. The van der Waals surface area contributed by atoms with Crippen LogP contribution in [-0.4, -0.2) is 22.6 Å². The zero-order valence-corrected chi connectivity index (χ0v) is 20.6. The first-order valence-corrected chi connectivity index (χ1v) is 12.6. The molecule has 0 spiro atoms. The van der Waals surface area contributed by atoms with Gasteiger partial charge in [-0.15, -0.1) is 0 Å². The van der Waals surface area contributed by atoms with Crippen molar-refractivity contribution < 1.29 is 13.9 Å². The molecule has 174 valence electrons. The van der Waals surface area contributed by atoms with E-state index in [0.717, 1.165) is 52.9 Å². The summed E-state index contributed by atoms with van der Waals surface area (Å²) in [6, 6.07) is 11.1. The first-order chi connectivity index (χ1) is 16.0. The van der Waals surface area contributed by atoms with Crippen LogP contribution >= 0.6 is 15.9 Å². The number of aromatic nitrogens is 2. The molecule has 7 heteroatoms. The highest BCUT2D eigenvalue weighted by Crippen LogP contribution is 2.42. The number of ether oxygens (including phenoxy) is 1. The highest BCUT2D eigenvalue weighted by molar-refractivity contribution is 9.10. The summed E-state index contributed by atoms with van der Waals surface area (Å²) in [4.78, 5) is 20.0. The molecule has 0 N–H and O–H groups in total. The maximum atomic E-state index is 14.6. The number of halogens is 2. The molecular formula is C26H29BrFN3O2. The predicted octanol–water partition coefficient (Wildman–Crippen LogP) is 6.96. The molecule has 2 aromatic carbocycles. The SMILES string of the molecule is COc1ccc(N2C(=O)CCC[C@H]2c2nc3cc(Br)ccc3n2C2CCC(C)CC2)cc1F. The Bertz CT molecular complexity index is 1190. The van der Waals surface area contributed by atoms with Crippen LogP contribution in [0.4, 0.5) is 10.1 Å². The molecule has 1 amide bonds. The Labute approximate surface area is 202 Å². The zero-order valence-electron chi connectivity index (χ0n) is 19.1. The molecule has 2 fully saturated rings. The third-order valence-electron chi connectivity index (χ3n) is 7.19. The molecule has 3 aromatic rings. The normalized spacial score (nSPS) is 23.8. The first-order valence-electron chi connectivity index (χ1n) is 11.8. The van der Waals surface area contributed by atoms with Crippen molar-refractivity contribution in [3.05, 3.63) is 52.5 Å². The Hall–Kier alpha value is -2.41. The molecule has 1 aromatic heterocycles. The summed E-state index contributed by atoms with van der Waals surface area (Å²) in [6.07, 6.45) is 6.65. The van der Waals surface area contributed by atoms with Crippen LogP contribution in [0, 0.1) is 11.7 Å². The average molecular weight is 514 g/mol. The number of imidazole rings is 1. The topological polar surface area (TPSA) is 47.4 Å². The Balaban J connectivity index is 1.63. The molecule has 0 bridgehead atoms. The van der Waals surface area contributed by atoms with Crippen molar-refractivity contribution in [1.82, 2.24) is 9.55 Å². The van der Waals surface area contributed by atoms with E-state index < -0.39 is 5.82 Å². The molecule has 2 heterocycles. The van der Waals surface area contributed by atoms with Crippen LogP contribution in [0.25, 0.3) is 11.0 Å². The Kier molecular flexibility index (Phi) is 6.16. The smallest absolute Gasteiger partial charge is 0.227 e. The van der Waals surface area contributed by atoms with Gasteiger partial charge in [-0.3, -0.25) is 4.79 Å². The highest BCUT2D eigenvalue weighted by Gasteiger charge is 2.36. The highest BCUT2D eigenvalue weighted by atomic mass is 79.9. The number of benzene rings is 2. The number of hydrogen-bond donors (Lipinski definition) is 0. The van der Waals surface area contributed by atoms with E-state index in [1.807, 2.05) is 6.07 Å². The summed E-state index contributed by atoms with van der Waals surface area (Å²) < 4.78 is 23.0. The minimum atomic E-state index is -0.467. The Morgan fingerprint density at radius 3 is 2.61 bits per heavy atom. The van der Waals surface area contributed by atoms with Crippen molar-refractivity contribution in [2.24, 2.45) is 5.92 Å². The number of anilines is 1. The van der Waals surface area contributed by atoms with Crippen LogP contribution in [0.15, 0.2) is 40.9 Å². The maximum Gasteiger partial charge on any atom is 0.227 e. The van der Waals surface area contributed by atoms with Gasteiger partial charge in [-0.1, -0.05) is 22.9 Å². The number of piperidine rings is 1. The van der Waals surface area contributed by atoms with E-state index >= 15 is 0 Å². The predicted molar refractivity (Wildman–Crippen MR) is 131 cm³/mol. The summed E-state index contributed by atoms with van der Waals surface area (Å²) in [6.45, 7) is 2.32. The molecule has 5 nitrogen and oxygen atoms in total. The molecule has 5 rings (SSSR count). The largest absolute Gasteiger partial charge is 0.494 e. The fourth-order valence-corrected chi connectivity index (χ4v) is 5.80. The van der Waals surface area contributed by atoms with Crippen LogP contribution < -0.4 is 9.64 Å². The number of amides is 1. The summed E-state index contributed by atoms with van der Waals surface area (Å²) in [5.74, 6) is 1.36. The van der Waals surface area contributed by atoms with Crippen molar-refractivity contribution in [2.75, 3.05) is 12.0 Å². The molecule has 1 saturated heterocycles. The van der Waals surface area contributed by atoms with Gasteiger partial charge in [-0.25, -0.2) is 9.37 Å². The second kappa shape index (κ2) is 9.09. The number of fused-ring (bicyclic) bond motifs is 1. The molecule has 1 atom stereocenters. The van der Waals surface area contributed by atoms with Crippen molar-refractivity contribution in [3.63, 3.8) is 0 Å². The van der Waals surface area contributed by atoms with E-state index in [-0.39, 0.29) is 17.7 Å². The fourth-order valence-electron chi connectivity index (χ4n) is 5.45. The van der Waals surface area contributed by atoms with Crippen molar-refractivity contribution in [2.45, 2.75) is 64.0 Å². The Morgan fingerprint density at radius 1 is 1.09 bits per heavy atom. The van der Waals surface area contributed by atoms with Gasteiger partial charge in [0.2, 0.25) is 5.91 Å². The molecule has 0 unspecified atom stereocenters. The summed E-state index contributed by atoms with van der Waals surface area (Å²) in [5, 5.41) is 0. The zero-order chi connectivity index (χ0) is 23.1. The van der Waals surface area contributed by atoms with Gasteiger partial charge in [0.05, 0.1) is 24.2 Å². The lowest BCUT2D eigenvalue weighted by Gasteiger charge is -2.37. The summed E-state index contributed by atoms with van der Waals surface area (Å²) in [7, 11) is 1.44. The third-order valence-corrected chi connectivity index (χ3v) is 7.68. The van der Waals surface area contributed by atoms with Gasteiger partial charge >= 0.3 is 0 Å². The third kappa shape index (κ3) is 4.16. The average Bonchev–Trinajstić information content (AvgIpc) is 3.17. The maximum absolute atomic E-state index is 14.6. The van der Waals surface area contributed by atoms with Crippen LogP contribution in [0.3, 0.4) is 0 Å². The molecule has 1 saturated carbocycles. The monoisotopic (exact) mass is 513 g/mol. The number of methoxy groups -OCH3 is 1. The van der Waals surface area contributed by atoms with E-state index in [9.17, 15) is 9.18 Å². The van der Waals surface area contributed by atoms with Crippen molar-refractivity contribution in [3.8, 4) is 5.75 Å². The van der Waals surface area contributed by atoms with E-state index in [0.29, 0.717) is 18.2 Å². The summed E-state index contributed by atoms with van der Waals surface area (Å²) in [5.41, 5.74) is 2.59. The lowest BCUT2D eigenvalue weighted by molar-refractivity contribution is -0.120. The second-order valence-corrected chi connectivity index (χ2v) is 10.3. The summed E-state index contributed by atoms with van der Waals surface area (Å²) >= 11 is 3.58. The van der Waals surface area contributed by atoms with Gasteiger partial charge in [0.25, 0.3) is 0 Å². The quantitative estimate of drug-likeness (QED) is 0.378. The molecule has 1 aliphatic heterocycles. The van der Waals surface area contributed by atoms with Gasteiger partial charge < -0.3 is 14.2 Å². The lowest BCUT2D eigenvalue weighted by Crippen LogP contribution is -2.40. The fraction of sp³-hybridized carbons (Fsp3) is 0.462. The van der Waals surface area contributed by atoms with E-state index in [1.165, 1.54) is 26.0 Å². The minimum absolute atomic E-state index is 0.00729. The van der Waals surface area contributed by atoms with Crippen LogP contribution in [-0.2, 0) is 4.79 Å². The number of carbonyl (C=O) groups is 1. The van der Waals surface area contributed by atoms with Gasteiger partial charge in [0, 0.05) is 28.7 Å². The van der Waals surface area contributed by atoms with Gasteiger partial charge in [-0.2, -0.15) is 0 Å². The number of rotatable bonds is 4. The van der Waals surface area contributed by atoms with Crippen molar-refractivity contribution >= 4 is 38.6 Å². The molecular weight excluding hydrogens is 485 g/mol.